The molecule has 1 aliphatic heterocycles. The second-order valence-electron chi connectivity index (χ2n) is 6.75. The molecule has 2 aromatic rings. The number of hydrogen-bond acceptors (Lipinski definition) is 6. The van der Waals surface area contributed by atoms with Gasteiger partial charge in [0.15, 0.2) is 0 Å². The third-order valence-corrected chi connectivity index (χ3v) is 8.91. The minimum Gasteiger partial charge on any atom is -0.347 e. The number of piperidine rings is 1. The maximum Gasteiger partial charge on any atom is 0.274 e. The Morgan fingerprint density at radius 3 is 2.33 bits per heavy atom. The second kappa shape index (κ2) is 9.30. The van der Waals surface area contributed by atoms with E-state index in [1.165, 1.54) is 10.4 Å². The number of carbonyl (C=O) groups is 1. The summed E-state index contributed by atoms with van der Waals surface area (Å²) in [5.41, 5.74) is 0.458. The largest absolute Gasteiger partial charge is 0.347 e. The first kappa shape index (κ1) is 23.1. The van der Waals surface area contributed by atoms with Crippen LogP contribution in [0.1, 0.15) is 28.1 Å². The molecule has 0 saturated carbocycles. The van der Waals surface area contributed by atoms with Crippen LogP contribution in [-0.4, -0.2) is 46.2 Å². The highest BCUT2D eigenvalue weighted by molar-refractivity contribution is 7.91. The SMILES string of the molecule is NS(=O)(=O)NC1CCN(S(=O)(=O)c2ccc(CNC(=O)c3ccc(Cl)cc3)s2)CC1. The average molecular weight is 493 g/mol. The van der Waals surface area contributed by atoms with Crippen molar-refractivity contribution in [2.24, 2.45) is 5.14 Å². The Kier molecular flexibility index (Phi) is 7.17. The fourth-order valence-electron chi connectivity index (χ4n) is 3.04. The van der Waals surface area contributed by atoms with Crippen molar-refractivity contribution in [3.8, 4) is 0 Å². The summed E-state index contributed by atoms with van der Waals surface area (Å²) in [6, 6.07) is 9.25. The third-order valence-electron chi connectivity index (χ3n) is 4.55. The Bertz CT molecular complexity index is 1110. The zero-order valence-electron chi connectivity index (χ0n) is 15.7. The number of benzene rings is 1. The number of halogens is 1. The van der Waals surface area contributed by atoms with Crippen LogP contribution >= 0.6 is 22.9 Å². The summed E-state index contributed by atoms with van der Waals surface area (Å²) in [6.45, 7) is 0.577. The van der Waals surface area contributed by atoms with Crippen LogP contribution < -0.4 is 15.2 Å². The monoisotopic (exact) mass is 492 g/mol. The smallest absolute Gasteiger partial charge is 0.274 e. The van der Waals surface area contributed by atoms with Crippen LogP contribution in [0.4, 0.5) is 0 Å². The molecule has 0 atom stereocenters. The topological polar surface area (TPSA) is 139 Å². The van der Waals surface area contributed by atoms with Gasteiger partial charge in [-0.15, -0.1) is 11.3 Å². The summed E-state index contributed by atoms with van der Waals surface area (Å²) in [4.78, 5) is 12.9. The molecular weight excluding hydrogens is 472 g/mol. The van der Waals surface area contributed by atoms with Crippen molar-refractivity contribution in [2.75, 3.05) is 13.1 Å². The molecule has 0 unspecified atom stereocenters. The van der Waals surface area contributed by atoms with Gasteiger partial charge in [0, 0.05) is 34.6 Å². The lowest BCUT2D eigenvalue weighted by molar-refractivity contribution is 0.0951. The minimum atomic E-state index is -3.82. The lowest BCUT2D eigenvalue weighted by Crippen LogP contribution is -2.47. The first-order chi connectivity index (χ1) is 14.0. The molecule has 0 spiro atoms. The van der Waals surface area contributed by atoms with E-state index < -0.39 is 20.2 Å². The molecule has 9 nitrogen and oxygen atoms in total. The molecule has 30 heavy (non-hydrogen) atoms. The van der Waals surface area contributed by atoms with E-state index in [0.29, 0.717) is 28.3 Å². The van der Waals surface area contributed by atoms with Crippen LogP contribution in [0.3, 0.4) is 0 Å². The van der Waals surface area contributed by atoms with Gasteiger partial charge in [-0.3, -0.25) is 4.79 Å². The minimum absolute atomic E-state index is 0.177. The molecule has 1 saturated heterocycles. The highest BCUT2D eigenvalue weighted by Gasteiger charge is 2.31. The van der Waals surface area contributed by atoms with Gasteiger partial charge in [-0.05, 0) is 49.2 Å². The van der Waals surface area contributed by atoms with E-state index in [2.05, 4.69) is 10.0 Å². The molecule has 1 aromatic heterocycles. The van der Waals surface area contributed by atoms with E-state index in [4.69, 9.17) is 16.7 Å². The van der Waals surface area contributed by atoms with E-state index in [1.807, 2.05) is 0 Å². The summed E-state index contributed by atoms with van der Waals surface area (Å²) in [5, 5.41) is 8.25. The number of hydrogen-bond donors (Lipinski definition) is 3. The Labute approximate surface area is 184 Å². The molecule has 1 amide bonds. The molecule has 0 bridgehead atoms. The maximum atomic E-state index is 12.9. The highest BCUT2D eigenvalue weighted by atomic mass is 35.5. The van der Waals surface area contributed by atoms with Crippen molar-refractivity contribution in [3.05, 3.63) is 51.9 Å². The number of nitrogens with one attached hydrogen (secondary N) is 2. The Hall–Kier alpha value is -1.54. The predicted octanol–water partition coefficient (Wildman–Crippen LogP) is 1.28. The normalized spacial score (nSPS) is 16.5. The van der Waals surface area contributed by atoms with Crippen molar-refractivity contribution in [3.63, 3.8) is 0 Å². The van der Waals surface area contributed by atoms with Crippen LogP contribution in [0.15, 0.2) is 40.6 Å². The maximum absolute atomic E-state index is 12.9. The van der Waals surface area contributed by atoms with Crippen molar-refractivity contribution in [1.29, 1.82) is 0 Å². The van der Waals surface area contributed by atoms with Gasteiger partial charge in [-0.25, -0.2) is 13.6 Å². The van der Waals surface area contributed by atoms with E-state index in [-0.39, 0.29) is 35.8 Å². The lowest BCUT2D eigenvalue weighted by Gasteiger charge is -2.30. The van der Waals surface area contributed by atoms with Crippen LogP contribution in [0.25, 0.3) is 0 Å². The molecule has 13 heteroatoms. The standard InChI is InChI=1S/C17H21ClN4O5S3/c18-13-3-1-12(2-4-13)17(23)20-11-15-5-6-16(28-15)29(24,25)22-9-7-14(8-10-22)21-30(19,26)27/h1-6,14,21H,7-11H2,(H,20,23)(H2,19,26,27). The van der Waals surface area contributed by atoms with Gasteiger partial charge >= 0.3 is 0 Å². The molecule has 164 valence electrons. The van der Waals surface area contributed by atoms with Gasteiger partial charge in [-0.1, -0.05) is 11.6 Å². The fraction of sp³-hybridized carbons (Fsp3) is 0.353. The quantitative estimate of drug-likeness (QED) is 0.534. The number of carbonyl (C=O) groups excluding carboxylic acids is 1. The zero-order valence-corrected chi connectivity index (χ0v) is 19.0. The zero-order chi connectivity index (χ0) is 21.9. The highest BCUT2D eigenvalue weighted by Crippen LogP contribution is 2.27. The summed E-state index contributed by atoms with van der Waals surface area (Å²) >= 11 is 6.90. The Morgan fingerprint density at radius 2 is 1.73 bits per heavy atom. The molecule has 2 heterocycles. The van der Waals surface area contributed by atoms with Crippen LogP contribution in [0.5, 0.6) is 0 Å². The number of amides is 1. The number of thiophene rings is 1. The molecule has 0 radical (unpaired) electrons. The molecular formula is C17H21ClN4O5S3. The summed E-state index contributed by atoms with van der Waals surface area (Å²) in [5.74, 6) is -0.283. The van der Waals surface area contributed by atoms with Gasteiger partial charge in [0.25, 0.3) is 26.1 Å². The predicted molar refractivity (Wildman–Crippen MR) is 115 cm³/mol. The van der Waals surface area contributed by atoms with Crippen molar-refractivity contribution >= 4 is 49.1 Å². The number of rotatable bonds is 7. The van der Waals surface area contributed by atoms with Crippen molar-refractivity contribution in [1.82, 2.24) is 14.3 Å². The fourth-order valence-corrected chi connectivity index (χ4v) is 6.78. The molecule has 0 aliphatic carbocycles. The van der Waals surface area contributed by atoms with Crippen LogP contribution in [-0.2, 0) is 26.8 Å². The Balaban J connectivity index is 1.58. The second-order valence-corrected chi connectivity index (χ2v) is 11.8. The van der Waals surface area contributed by atoms with E-state index in [9.17, 15) is 21.6 Å². The summed E-state index contributed by atoms with van der Waals surface area (Å²) in [7, 11) is -7.51. The molecule has 1 aliphatic rings. The molecule has 1 aromatic carbocycles. The van der Waals surface area contributed by atoms with E-state index in [0.717, 1.165) is 11.3 Å². The number of nitrogens with two attached hydrogens (primary N) is 1. The van der Waals surface area contributed by atoms with E-state index >= 15 is 0 Å². The summed E-state index contributed by atoms with van der Waals surface area (Å²) in [6.07, 6.45) is 0.677. The van der Waals surface area contributed by atoms with Crippen molar-refractivity contribution < 1.29 is 21.6 Å². The number of sulfonamides is 1. The molecule has 1 fully saturated rings. The first-order valence-electron chi connectivity index (χ1n) is 8.97. The Morgan fingerprint density at radius 1 is 1.10 bits per heavy atom. The van der Waals surface area contributed by atoms with Crippen molar-refractivity contribution in [2.45, 2.75) is 29.6 Å². The lowest BCUT2D eigenvalue weighted by atomic mass is 10.1. The molecule has 3 rings (SSSR count). The van der Waals surface area contributed by atoms with Gasteiger partial charge in [0.2, 0.25) is 0 Å². The average Bonchev–Trinajstić information content (AvgIpc) is 3.16. The van der Waals surface area contributed by atoms with Gasteiger partial charge in [-0.2, -0.15) is 17.4 Å². The summed E-state index contributed by atoms with van der Waals surface area (Å²) < 4.78 is 51.8. The van der Waals surface area contributed by atoms with Gasteiger partial charge in [0.05, 0.1) is 6.54 Å². The van der Waals surface area contributed by atoms with Crippen LogP contribution in [0.2, 0.25) is 5.02 Å². The molecule has 4 N–H and O–H groups in total. The van der Waals surface area contributed by atoms with E-state index in [1.54, 1.807) is 30.3 Å². The van der Waals surface area contributed by atoms with Crippen LogP contribution in [0, 0.1) is 0 Å². The van der Waals surface area contributed by atoms with Gasteiger partial charge in [0.1, 0.15) is 4.21 Å². The number of nitrogens with zero attached hydrogens (tertiary/aromatic N) is 1. The third kappa shape index (κ3) is 6.00. The first-order valence-corrected chi connectivity index (χ1v) is 13.2. The van der Waals surface area contributed by atoms with Gasteiger partial charge < -0.3 is 5.32 Å².